The van der Waals surface area contributed by atoms with E-state index in [-0.39, 0.29) is 11.9 Å². The lowest BCUT2D eigenvalue weighted by molar-refractivity contribution is -0.122. The van der Waals surface area contributed by atoms with E-state index < -0.39 is 6.10 Å². The number of aromatic nitrogens is 3. The molecule has 1 aromatic heterocycles. The van der Waals surface area contributed by atoms with E-state index >= 15 is 0 Å². The molecule has 2 rings (SSSR count). The second-order valence-corrected chi connectivity index (χ2v) is 5.02. The highest BCUT2D eigenvalue weighted by molar-refractivity contribution is 5.76. The summed E-state index contributed by atoms with van der Waals surface area (Å²) in [5.74, 6) is -0.106. The molecule has 6 nitrogen and oxygen atoms in total. The van der Waals surface area contributed by atoms with Crippen LogP contribution in [0, 0.1) is 0 Å². The molecule has 0 radical (unpaired) electrons. The van der Waals surface area contributed by atoms with Gasteiger partial charge < -0.3 is 10.4 Å². The number of rotatable bonds is 7. The van der Waals surface area contributed by atoms with E-state index in [0.29, 0.717) is 19.4 Å². The number of hydrogen-bond acceptors (Lipinski definition) is 4. The summed E-state index contributed by atoms with van der Waals surface area (Å²) in [5, 5.41) is 16.9. The molecule has 0 bridgehead atoms. The van der Waals surface area contributed by atoms with E-state index in [0.717, 1.165) is 5.56 Å². The first kappa shape index (κ1) is 15.2. The van der Waals surface area contributed by atoms with E-state index in [1.807, 2.05) is 30.3 Å². The van der Waals surface area contributed by atoms with Crippen LogP contribution in [0.3, 0.4) is 0 Å². The van der Waals surface area contributed by atoms with Gasteiger partial charge in [0.15, 0.2) is 0 Å². The zero-order valence-corrected chi connectivity index (χ0v) is 12.0. The fraction of sp³-hybridized carbons (Fsp3) is 0.400. The van der Waals surface area contributed by atoms with E-state index in [4.69, 9.17) is 0 Å². The number of aliphatic hydroxyl groups is 1. The Morgan fingerprint density at radius 1 is 1.38 bits per heavy atom. The van der Waals surface area contributed by atoms with Gasteiger partial charge in [0, 0.05) is 12.8 Å². The molecule has 0 spiro atoms. The number of nitrogens with one attached hydrogen (secondary N) is 1. The zero-order valence-electron chi connectivity index (χ0n) is 12.0. The highest BCUT2D eigenvalue weighted by Gasteiger charge is 2.16. The van der Waals surface area contributed by atoms with Gasteiger partial charge in [-0.1, -0.05) is 30.3 Å². The molecule has 0 saturated carbocycles. The maximum absolute atomic E-state index is 11.8. The average molecular weight is 288 g/mol. The molecule has 1 aromatic carbocycles. The SMILES string of the molecule is CC(NC(=O)CCn1cncn1)C(O)Cc1ccccc1. The summed E-state index contributed by atoms with van der Waals surface area (Å²) in [7, 11) is 0. The van der Waals surface area contributed by atoms with Crippen LogP contribution >= 0.6 is 0 Å². The Labute approximate surface area is 123 Å². The first-order chi connectivity index (χ1) is 10.1. The van der Waals surface area contributed by atoms with E-state index in [2.05, 4.69) is 15.4 Å². The number of carbonyl (C=O) groups excluding carboxylic acids is 1. The van der Waals surface area contributed by atoms with Crippen LogP contribution in [0.25, 0.3) is 0 Å². The summed E-state index contributed by atoms with van der Waals surface area (Å²) in [6.07, 6.45) is 3.23. The van der Waals surface area contributed by atoms with Crippen molar-refractivity contribution in [3.63, 3.8) is 0 Å². The van der Waals surface area contributed by atoms with Crippen LogP contribution in [0.5, 0.6) is 0 Å². The molecule has 21 heavy (non-hydrogen) atoms. The van der Waals surface area contributed by atoms with Crippen molar-refractivity contribution in [3.05, 3.63) is 48.5 Å². The topological polar surface area (TPSA) is 80.0 Å². The number of aliphatic hydroxyl groups excluding tert-OH is 1. The van der Waals surface area contributed by atoms with Crippen LogP contribution in [0.15, 0.2) is 43.0 Å². The van der Waals surface area contributed by atoms with Crippen molar-refractivity contribution < 1.29 is 9.90 Å². The summed E-state index contributed by atoms with van der Waals surface area (Å²) in [6, 6.07) is 9.43. The molecule has 0 saturated heterocycles. The lowest BCUT2D eigenvalue weighted by Crippen LogP contribution is -2.42. The number of nitrogens with zero attached hydrogens (tertiary/aromatic N) is 3. The fourth-order valence-corrected chi connectivity index (χ4v) is 2.02. The standard InChI is InChI=1S/C15H20N4O2/c1-12(14(20)9-13-5-3-2-4-6-13)18-15(21)7-8-19-11-16-10-17-19/h2-6,10-12,14,20H,7-9H2,1H3,(H,18,21). The molecule has 112 valence electrons. The van der Waals surface area contributed by atoms with E-state index in [1.165, 1.54) is 6.33 Å². The molecule has 1 amide bonds. The third-order valence-corrected chi connectivity index (χ3v) is 3.29. The van der Waals surface area contributed by atoms with Gasteiger partial charge in [-0.2, -0.15) is 5.10 Å². The predicted molar refractivity (Wildman–Crippen MR) is 78.4 cm³/mol. The quantitative estimate of drug-likeness (QED) is 0.789. The molecule has 0 aliphatic rings. The minimum atomic E-state index is -0.609. The number of hydrogen-bond donors (Lipinski definition) is 2. The van der Waals surface area contributed by atoms with Gasteiger partial charge in [0.25, 0.3) is 0 Å². The molecule has 0 aliphatic carbocycles. The third kappa shape index (κ3) is 5.00. The van der Waals surface area contributed by atoms with Gasteiger partial charge >= 0.3 is 0 Å². The van der Waals surface area contributed by atoms with Crippen LogP contribution in [-0.4, -0.2) is 37.9 Å². The first-order valence-corrected chi connectivity index (χ1v) is 6.99. The average Bonchev–Trinajstić information content (AvgIpc) is 2.99. The van der Waals surface area contributed by atoms with Gasteiger partial charge in [-0.25, -0.2) is 4.98 Å². The molecular weight excluding hydrogens is 268 g/mol. The van der Waals surface area contributed by atoms with E-state index in [9.17, 15) is 9.90 Å². The Balaban J connectivity index is 1.74. The van der Waals surface area contributed by atoms with Crippen molar-refractivity contribution in [2.24, 2.45) is 0 Å². The minimum absolute atomic E-state index is 0.106. The summed E-state index contributed by atoms with van der Waals surface area (Å²) in [4.78, 5) is 15.6. The van der Waals surface area contributed by atoms with Crippen LogP contribution in [0.1, 0.15) is 18.9 Å². The van der Waals surface area contributed by atoms with Crippen molar-refractivity contribution in [2.45, 2.75) is 38.5 Å². The van der Waals surface area contributed by atoms with Crippen molar-refractivity contribution >= 4 is 5.91 Å². The second kappa shape index (κ2) is 7.54. The highest BCUT2D eigenvalue weighted by atomic mass is 16.3. The monoisotopic (exact) mass is 288 g/mol. The minimum Gasteiger partial charge on any atom is -0.391 e. The van der Waals surface area contributed by atoms with Crippen LogP contribution in [0.2, 0.25) is 0 Å². The number of benzene rings is 1. The summed E-state index contributed by atoms with van der Waals surface area (Å²) >= 11 is 0. The summed E-state index contributed by atoms with van der Waals surface area (Å²) < 4.78 is 1.60. The third-order valence-electron chi connectivity index (χ3n) is 3.29. The van der Waals surface area contributed by atoms with Crippen molar-refractivity contribution in [1.29, 1.82) is 0 Å². The van der Waals surface area contributed by atoms with Crippen LogP contribution in [-0.2, 0) is 17.8 Å². The smallest absolute Gasteiger partial charge is 0.222 e. The lowest BCUT2D eigenvalue weighted by atomic mass is 10.0. The molecule has 6 heteroatoms. The first-order valence-electron chi connectivity index (χ1n) is 6.99. The Morgan fingerprint density at radius 2 is 2.14 bits per heavy atom. The molecule has 0 fully saturated rings. The van der Waals surface area contributed by atoms with Gasteiger partial charge in [-0.15, -0.1) is 0 Å². The van der Waals surface area contributed by atoms with Gasteiger partial charge in [-0.05, 0) is 12.5 Å². The maximum atomic E-state index is 11.8. The van der Waals surface area contributed by atoms with Crippen LogP contribution in [0.4, 0.5) is 0 Å². The largest absolute Gasteiger partial charge is 0.391 e. The van der Waals surface area contributed by atoms with Crippen molar-refractivity contribution in [2.75, 3.05) is 0 Å². The maximum Gasteiger partial charge on any atom is 0.222 e. The van der Waals surface area contributed by atoms with Gasteiger partial charge in [0.05, 0.1) is 18.7 Å². The molecule has 2 atom stereocenters. The second-order valence-electron chi connectivity index (χ2n) is 5.02. The van der Waals surface area contributed by atoms with Crippen LogP contribution < -0.4 is 5.32 Å². The van der Waals surface area contributed by atoms with Gasteiger partial charge in [0.2, 0.25) is 5.91 Å². The van der Waals surface area contributed by atoms with Crippen molar-refractivity contribution in [1.82, 2.24) is 20.1 Å². The van der Waals surface area contributed by atoms with Crippen molar-refractivity contribution in [3.8, 4) is 0 Å². The van der Waals surface area contributed by atoms with Gasteiger partial charge in [-0.3, -0.25) is 9.48 Å². The number of carbonyl (C=O) groups is 1. The molecule has 2 unspecified atom stereocenters. The summed E-state index contributed by atoms with van der Waals surface area (Å²) in [5.41, 5.74) is 1.05. The molecule has 0 aliphatic heterocycles. The number of amides is 1. The molecule has 2 aromatic rings. The Hall–Kier alpha value is -2.21. The molecule has 2 N–H and O–H groups in total. The lowest BCUT2D eigenvalue weighted by Gasteiger charge is -2.20. The Kier molecular flexibility index (Phi) is 5.45. The highest BCUT2D eigenvalue weighted by Crippen LogP contribution is 2.06. The zero-order chi connectivity index (χ0) is 15.1. The fourth-order valence-electron chi connectivity index (χ4n) is 2.02. The van der Waals surface area contributed by atoms with Gasteiger partial charge in [0.1, 0.15) is 12.7 Å². The number of aryl methyl sites for hydroxylation is 1. The molecular formula is C15H20N4O2. The Bertz CT molecular complexity index is 542. The van der Waals surface area contributed by atoms with E-state index in [1.54, 1.807) is 17.9 Å². The summed E-state index contributed by atoms with van der Waals surface area (Å²) in [6.45, 7) is 2.29. The molecule has 1 heterocycles. The predicted octanol–water partition coefficient (Wildman–Crippen LogP) is 0.776. The Morgan fingerprint density at radius 3 is 2.81 bits per heavy atom. The normalized spacial score (nSPS) is 13.6.